The van der Waals surface area contributed by atoms with Gasteiger partial charge in [0.1, 0.15) is 11.5 Å². The third kappa shape index (κ3) is 4.05. The van der Waals surface area contributed by atoms with E-state index >= 15 is 0 Å². The zero-order valence-electron chi connectivity index (χ0n) is 17.4. The lowest BCUT2D eigenvalue weighted by Gasteiger charge is -2.16. The lowest BCUT2D eigenvalue weighted by atomic mass is 10.1. The number of hydrogen-bond donors (Lipinski definition) is 0. The van der Waals surface area contributed by atoms with Crippen molar-refractivity contribution in [1.82, 2.24) is 0 Å². The van der Waals surface area contributed by atoms with Crippen LogP contribution in [-0.2, 0) is 4.79 Å². The number of hydrogen-bond acceptors (Lipinski definition) is 5. The summed E-state index contributed by atoms with van der Waals surface area (Å²) in [4.78, 5) is 38.7. The highest BCUT2D eigenvalue weighted by atomic mass is 16.6. The molecule has 0 aromatic heterocycles. The Kier molecular flexibility index (Phi) is 5.29. The summed E-state index contributed by atoms with van der Waals surface area (Å²) in [6, 6.07) is 18.6. The van der Waals surface area contributed by atoms with E-state index in [-0.39, 0.29) is 11.8 Å². The molecule has 0 saturated heterocycles. The van der Waals surface area contributed by atoms with Crippen molar-refractivity contribution in [3.8, 4) is 11.5 Å². The van der Waals surface area contributed by atoms with E-state index < -0.39 is 12.1 Å². The van der Waals surface area contributed by atoms with Gasteiger partial charge in [0.15, 0.2) is 6.10 Å². The lowest BCUT2D eigenvalue weighted by molar-refractivity contribution is -0.141. The highest BCUT2D eigenvalue weighted by Gasteiger charge is 2.36. The minimum atomic E-state index is -0.808. The molecule has 0 N–H and O–H groups in total. The maximum absolute atomic E-state index is 12.6. The molecule has 1 aliphatic rings. The van der Waals surface area contributed by atoms with Crippen LogP contribution in [0, 0.1) is 13.8 Å². The summed E-state index contributed by atoms with van der Waals surface area (Å²) in [5.74, 6) is -0.404. The van der Waals surface area contributed by atoms with Crippen LogP contribution in [-0.4, -0.2) is 23.9 Å². The largest absolute Gasteiger partial charge is 0.479 e. The number of carbonyl (C=O) groups excluding carboxylic acids is 3. The summed E-state index contributed by atoms with van der Waals surface area (Å²) in [7, 11) is 0. The number of rotatable bonds is 5. The molecule has 4 rings (SSSR count). The number of fused-ring (bicyclic) bond motifs is 1. The summed E-state index contributed by atoms with van der Waals surface area (Å²) < 4.78 is 11.1. The normalized spacial score (nSPS) is 13.7. The number of anilines is 1. The number of amides is 2. The maximum Gasteiger partial charge on any atom is 0.352 e. The quantitative estimate of drug-likeness (QED) is 0.349. The molecule has 31 heavy (non-hydrogen) atoms. The van der Waals surface area contributed by atoms with Gasteiger partial charge in [0, 0.05) is 0 Å². The third-order valence-electron chi connectivity index (χ3n) is 4.95. The molecule has 6 heteroatoms. The predicted octanol–water partition coefficient (Wildman–Crippen LogP) is 4.48. The van der Waals surface area contributed by atoms with E-state index in [0.29, 0.717) is 28.3 Å². The number of imide groups is 1. The van der Waals surface area contributed by atoms with E-state index in [1.54, 1.807) is 55.5 Å². The maximum atomic E-state index is 12.6. The van der Waals surface area contributed by atoms with Gasteiger partial charge in [0.2, 0.25) is 0 Å². The Balaban J connectivity index is 1.43. The highest BCUT2D eigenvalue weighted by molar-refractivity contribution is 6.34. The highest BCUT2D eigenvalue weighted by Crippen LogP contribution is 2.29. The van der Waals surface area contributed by atoms with Crippen LogP contribution in [0.15, 0.2) is 66.7 Å². The molecule has 0 bridgehead atoms. The fourth-order valence-corrected chi connectivity index (χ4v) is 3.54. The van der Waals surface area contributed by atoms with Crippen molar-refractivity contribution in [2.45, 2.75) is 26.9 Å². The second-order valence-electron chi connectivity index (χ2n) is 7.49. The molecule has 2 amide bonds. The van der Waals surface area contributed by atoms with Crippen molar-refractivity contribution < 1.29 is 23.9 Å². The molecule has 0 radical (unpaired) electrons. The fraction of sp³-hybridized carbons (Fsp3) is 0.160. The Morgan fingerprint density at radius 2 is 1.35 bits per heavy atom. The van der Waals surface area contributed by atoms with Crippen LogP contribution in [0.25, 0.3) is 0 Å². The number of benzene rings is 3. The summed E-state index contributed by atoms with van der Waals surface area (Å²) in [5, 5.41) is 0. The van der Waals surface area contributed by atoms with Crippen LogP contribution in [0.4, 0.5) is 5.69 Å². The van der Waals surface area contributed by atoms with Crippen LogP contribution < -0.4 is 14.4 Å². The Hall–Kier alpha value is -3.93. The molecular formula is C25H21NO5. The topological polar surface area (TPSA) is 72.9 Å². The Morgan fingerprint density at radius 3 is 1.90 bits per heavy atom. The number of carbonyl (C=O) groups is 3. The summed E-state index contributed by atoms with van der Waals surface area (Å²) in [6.45, 7) is 5.53. The van der Waals surface area contributed by atoms with Gasteiger partial charge in [-0.1, -0.05) is 18.2 Å². The van der Waals surface area contributed by atoms with Gasteiger partial charge in [0.05, 0.1) is 16.8 Å². The molecule has 1 aliphatic heterocycles. The molecule has 1 unspecified atom stereocenters. The Labute approximate surface area is 180 Å². The van der Waals surface area contributed by atoms with Crippen LogP contribution in [0.1, 0.15) is 38.8 Å². The zero-order chi connectivity index (χ0) is 22.1. The molecule has 1 heterocycles. The van der Waals surface area contributed by atoms with Gasteiger partial charge in [-0.15, -0.1) is 0 Å². The number of esters is 1. The van der Waals surface area contributed by atoms with Gasteiger partial charge in [-0.05, 0) is 80.4 Å². The molecule has 6 nitrogen and oxygen atoms in total. The van der Waals surface area contributed by atoms with E-state index in [9.17, 15) is 14.4 Å². The van der Waals surface area contributed by atoms with Gasteiger partial charge in [0.25, 0.3) is 11.8 Å². The molecule has 0 fully saturated rings. The van der Waals surface area contributed by atoms with Gasteiger partial charge in [-0.3, -0.25) is 9.59 Å². The van der Waals surface area contributed by atoms with Crippen LogP contribution >= 0.6 is 0 Å². The second-order valence-corrected chi connectivity index (χ2v) is 7.49. The average molecular weight is 415 g/mol. The number of ether oxygens (including phenoxy) is 2. The standard InChI is InChI=1S/C25H21NO5/c1-15-12-16(2)14-20(13-15)30-17(3)25(29)31-19-10-8-18(9-11-19)26-23(27)21-6-4-5-7-22(21)24(26)28/h4-14,17H,1-3H3. The van der Waals surface area contributed by atoms with Crippen LogP contribution in [0.2, 0.25) is 0 Å². The number of nitrogens with zero attached hydrogens (tertiary/aromatic N) is 1. The minimum Gasteiger partial charge on any atom is -0.479 e. The monoisotopic (exact) mass is 415 g/mol. The number of aryl methyl sites for hydroxylation is 2. The van der Waals surface area contributed by atoms with E-state index in [4.69, 9.17) is 9.47 Å². The van der Waals surface area contributed by atoms with Crippen molar-refractivity contribution >= 4 is 23.5 Å². The SMILES string of the molecule is Cc1cc(C)cc(OC(C)C(=O)Oc2ccc(N3C(=O)c4ccccc4C3=O)cc2)c1. The van der Waals surface area contributed by atoms with E-state index in [1.165, 1.54) is 0 Å². The van der Waals surface area contributed by atoms with Crippen molar-refractivity contribution in [3.63, 3.8) is 0 Å². The predicted molar refractivity (Wildman–Crippen MR) is 116 cm³/mol. The first-order valence-corrected chi connectivity index (χ1v) is 9.88. The Morgan fingerprint density at radius 1 is 0.806 bits per heavy atom. The van der Waals surface area contributed by atoms with Crippen molar-refractivity contribution in [3.05, 3.63) is 89.0 Å². The first kappa shape index (κ1) is 20.3. The first-order chi connectivity index (χ1) is 14.8. The molecule has 0 saturated carbocycles. The summed E-state index contributed by atoms with van der Waals surface area (Å²) >= 11 is 0. The zero-order valence-corrected chi connectivity index (χ0v) is 17.4. The molecule has 0 spiro atoms. The molecule has 1 atom stereocenters. The van der Waals surface area contributed by atoms with Crippen LogP contribution in [0.5, 0.6) is 11.5 Å². The lowest BCUT2D eigenvalue weighted by Crippen LogP contribution is -2.29. The van der Waals surface area contributed by atoms with Crippen molar-refractivity contribution in [1.29, 1.82) is 0 Å². The van der Waals surface area contributed by atoms with Crippen LogP contribution in [0.3, 0.4) is 0 Å². The Bertz CT molecular complexity index is 1130. The summed E-state index contributed by atoms with van der Waals surface area (Å²) in [6.07, 6.45) is -0.808. The molecular weight excluding hydrogens is 394 g/mol. The van der Waals surface area contributed by atoms with Crippen molar-refractivity contribution in [2.75, 3.05) is 4.90 Å². The van der Waals surface area contributed by atoms with Crippen molar-refractivity contribution in [2.24, 2.45) is 0 Å². The fourth-order valence-electron chi connectivity index (χ4n) is 3.54. The smallest absolute Gasteiger partial charge is 0.352 e. The molecule has 3 aromatic rings. The van der Waals surface area contributed by atoms with Gasteiger partial charge in [-0.25, -0.2) is 9.69 Å². The molecule has 3 aromatic carbocycles. The summed E-state index contributed by atoms with van der Waals surface area (Å²) in [5.41, 5.74) is 3.24. The average Bonchev–Trinajstić information content (AvgIpc) is 2.98. The minimum absolute atomic E-state index is 0.293. The molecule has 156 valence electrons. The van der Waals surface area contributed by atoms with Gasteiger partial charge in [-0.2, -0.15) is 0 Å². The van der Waals surface area contributed by atoms with E-state index in [0.717, 1.165) is 16.0 Å². The molecule has 0 aliphatic carbocycles. The van der Waals surface area contributed by atoms with E-state index in [2.05, 4.69) is 0 Å². The first-order valence-electron chi connectivity index (χ1n) is 9.88. The van der Waals surface area contributed by atoms with Gasteiger partial charge >= 0.3 is 5.97 Å². The van der Waals surface area contributed by atoms with Gasteiger partial charge < -0.3 is 9.47 Å². The third-order valence-corrected chi connectivity index (χ3v) is 4.95. The van der Waals surface area contributed by atoms with E-state index in [1.807, 2.05) is 32.0 Å². The second kappa shape index (κ2) is 8.07.